The van der Waals surface area contributed by atoms with Gasteiger partial charge in [-0.05, 0) is 0 Å². The molecular weight excluding hydrogens is 531 g/mol. The van der Waals surface area contributed by atoms with E-state index in [1.807, 2.05) is 0 Å². The van der Waals surface area contributed by atoms with Gasteiger partial charge in [0.1, 0.15) is 22.8 Å². The maximum Gasteiger partial charge on any atom is 2.00 e. The molecule has 32 heavy (non-hydrogen) atoms. The van der Waals surface area contributed by atoms with Gasteiger partial charge in [0.2, 0.25) is 0 Å². The Hall–Kier alpha value is -3.84. The molecule has 0 aromatic carbocycles. The van der Waals surface area contributed by atoms with E-state index in [1.165, 1.54) is 0 Å². The van der Waals surface area contributed by atoms with Crippen LogP contribution in [0.4, 0.5) is 0 Å². The van der Waals surface area contributed by atoms with Gasteiger partial charge in [0.05, 0.1) is 23.9 Å². The fourth-order valence-electron chi connectivity index (χ4n) is 1.53. The van der Waals surface area contributed by atoms with E-state index in [-0.39, 0.29) is 34.1 Å². The third kappa shape index (κ3) is 10.3. The second kappa shape index (κ2) is 15.9. The van der Waals surface area contributed by atoms with Gasteiger partial charge in [-0.2, -0.15) is 0 Å². The molecule has 0 saturated heterocycles. The van der Waals surface area contributed by atoms with Crippen molar-refractivity contribution in [1.82, 2.24) is 29.9 Å². The van der Waals surface area contributed by atoms with Crippen molar-refractivity contribution in [3.8, 4) is 0 Å². The van der Waals surface area contributed by atoms with Crippen LogP contribution >= 0.6 is 0 Å². The SMILES string of the molecule is O=C([O-])c1nccnc1C(=O)[O-].O=C([O-])c1nccnc1C(=O)[O-].[Cu+2].[Cu+2].c1cnccn1. The monoisotopic (exact) mass is 538 g/mol. The number of carboxylic acid groups (broad SMARTS) is 4. The van der Waals surface area contributed by atoms with E-state index >= 15 is 0 Å². The van der Waals surface area contributed by atoms with Crippen molar-refractivity contribution in [3.05, 3.63) is 72.4 Å². The second-order valence-electron chi connectivity index (χ2n) is 4.55. The molecule has 16 heteroatoms. The van der Waals surface area contributed by atoms with Crippen molar-refractivity contribution in [1.29, 1.82) is 0 Å². The summed E-state index contributed by atoms with van der Waals surface area (Å²) < 4.78 is 0. The summed E-state index contributed by atoms with van der Waals surface area (Å²) >= 11 is 0. The molecule has 0 bridgehead atoms. The van der Waals surface area contributed by atoms with Crippen molar-refractivity contribution >= 4 is 23.9 Å². The molecule has 0 fully saturated rings. The number of nitrogens with zero attached hydrogens (tertiary/aromatic N) is 6. The quantitative estimate of drug-likeness (QED) is 0.282. The van der Waals surface area contributed by atoms with Gasteiger partial charge in [-0.25, -0.2) is 0 Å². The zero-order valence-corrected chi connectivity index (χ0v) is 17.1. The molecule has 0 aliphatic rings. The Bertz CT molecular complexity index is 882. The van der Waals surface area contributed by atoms with Gasteiger partial charge in [-0.15, -0.1) is 0 Å². The summed E-state index contributed by atoms with van der Waals surface area (Å²) in [6.07, 6.45) is 10.8. The first-order valence-corrected chi connectivity index (χ1v) is 7.43. The number of hydrogen-bond donors (Lipinski definition) is 0. The van der Waals surface area contributed by atoms with E-state index in [0.717, 1.165) is 24.8 Å². The molecule has 0 N–H and O–H groups in total. The van der Waals surface area contributed by atoms with Crippen LogP contribution in [-0.4, -0.2) is 53.8 Å². The molecule has 0 aliphatic carbocycles. The molecular formula is C16H8Cu2N6O8. The number of rotatable bonds is 4. The van der Waals surface area contributed by atoms with Crippen LogP contribution in [-0.2, 0) is 34.1 Å². The van der Waals surface area contributed by atoms with Crippen molar-refractivity contribution in [2.24, 2.45) is 0 Å². The summed E-state index contributed by atoms with van der Waals surface area (Å²) in [5, 5.41) is 40.9. The molecule has 3 rings (SSSR count). The molecule has 3 aromatic rings. The summed E-state index contributed by atoms with van der Waals surface area (Å²) in [5.41, 5.74) is -2.90. The molecule has 14 nitrogen and oxygen atoms in total. The Labute approximate surface area is 199 Å². The second-order valence-corrected chi connectivity index (χ2v) is 4.55. The summed E-state index contributed by atoms with van der Waals surface area (Å²) in [6, 6.07) is 0. The fourth-order valence-corrected chi connectivity index (χ4v) is 1.53. The van der Waals surface area contributed by atoms with Gasteiger partial charge in [0.15, 0.2) is 0 Å². The van der Waals surface area contributed by atoms with Crippen LogP contribution < -0.4 is 20.4 Å². The first-order chi connectivity index (χ1) is 14.3. The number of aromatic nitrogens is 6. The first kappa shape index (κ1) is 30.4. The van der Waals surface area contributed by atoms with Gasteiger partial charge in [-0.1, -0.05) is 0 Å². The van der Waals surface area contributed by atoms with Gasteiger partial charge in [0.25, 0.3) is 0 Å². The van der Waals surface area contributed by atoms with Crippen LogP contribution in [0.5, 0.6) is 0 Å². The van der Waals surface area contributed by atoms with E-state index < -0.39 is 46.7 Å². The summed E-state index contributed by atoms with van der Waals surface area (Å²) in [6.45, 7) is 0. The number of hydrogen-bond acceptors (Lipinski definition) is 14. The first-order valence-electron chi connectivity index (χ1n) is 7.43. The smallest absolute Gasteiger partial charge is 0.543 e. The Morgan fingerprint density at radius 3 is 0.750 bits per heavy atom. The van der Waals surface area contributed by atoms with Crippen LogP contribution in [0.15, 0.2) is 49.6 Å². The Morgan fingerprint density at radius 2 is 0.625 bits per heavy atom. The molecule has 0 spiro atoms. The van der Waals surface area contributed by atoms with E-state index in [2.05, 4.69) is 29.9 Å². The Balaban J connectivity index is 0. The fraction of sp³-hybridized carbons (Fsp3) is 0. The third-order valence-corrected chi connectivity index (χ3v) is 2.65. The molecule has 3 aromatic heterocycles. The Morgan fingerprint density at radius 1 is 0.438 bits per heavy atom. The van der Waals surface area contributed by atoms with Crippen LogP contribution in [0.25, 0.3) is 0 Å². The molecule has 2 radical (unpaired) electrons. The van der Waals surface area contributed by atoms with E-state index in [9.17, 15) is 39.6 Å². The maximum absolute atomic E-state index is 10.2. The molecule has 0 atom stereocenters. The molecule has 0 aliphatic heterocycles. The van der Waals surface area contributed by atoms with Gasteiger partial charge in [-0.3, -0.25) is 29.9 Å². The predicted octanol–water partition coefficient (Wildman–Crippen LogP) is -5.12. The van der Waals surface area contributed by atoms with E-state index in [0.29, 0.717) is 0 Å². The zero-order valence-electron chi connectivity index (χ0n) is 15.2. The van der Waals surface area contributed by atoms with Gasteiger partial charge in [0, 0.05) is 49.6 Å². The summed E-state index contributed by atoms with van der Waals surface area (Å²) in [7, 11) is 0. The largest absolute Gasteiger partial charge is 2.00 e. The standard InChI is InChI=1S/2C6H4N2O4.C4H4N2.2Cu/c2*9-5(10)3-4(6(11)12)8-2-1-7-3;1-2-6-4-3-5-1;;/h2*1-2H,(H,9,10)(H,11,12);1-4H;;/q;;;2*+2/p-4. The molecule has 172 valence electrons. The topological polar surface area (TPSA) is 238 Å². The predicted molar refractivity (Wildman–Crippen MR) is 83.4 cm³/mol. The molecule has 0 saturated carbocycles. The van der Waals surface area contributed by atoms with Crippen molar-refractivity contribution in [3.63, 3.8) is 0 Å². The summed E-state index contributed by atoms with van der Waals surface area (Å²) in [5.74, 6) is -6.77. The molecule has 0 unspecified atom stereocenters. The third-order valence-electron chi connectivity index (χ3n) is 2.65. The maximum atomic E-state index is 10.2. The minimum atomic E-state index is -1.69. The van der Waals surface area contributed by atoms with Crippen molar-refractivity contribution in [2.45, 2.75) is 0 Å². The van der Waals surface area contributed by atoms with Gasteiger partial charge >= 0.3 is 34.1 Å². The van der Waals surface area contributed by atoms with E-state index in [1.54, 1.807) is 24.8 Å². The average Bonchev–Trinajstić information content (AvgIpc) is 2.75. The Kier molecular flexibility index (Phi) is 15.1. The van der Waals surface area contributed by atoms with Gasteiger partial charge < -0.3 is 39.6 Å². The number of carbonyl (C=O) groups excluding carboxylic acids is 4. The molecule has 0 amide bonds. The normalized spacial score (nSPS) is 8.50. The minimum absolute atomic E-state index is 0. The van der Waals surface area contributed by atoms with E-state index in [4.69, 9.17) is 0 Å². The zero-order chi connectivity index (χ0) is 22.5. The minimum Gasteiger partial charge on any atom is -0.543 e. The van der Waals surface area contributed by atoms with Crippen LogP contribution in [0.3, 0.4) is 0 Å². The van der Waals surface area contributed by atoms with Crippen LogP contribution in [0.1, 0.15) is 42.0 Å². The molecule has 3 heterocycles. The van der Waals surface area contributed by atoms with Crippen LogP contribution in [0.2, 0.25) is 0 Å². The van der Waals surface area contributed by atoms with Crippen molar-refractivity contribution in [2.75, 3.05) is 0 Å². The summed E-state index contributed by atoms with van der Waals surface area (Å²) in [4.78, 5) is 61.3. The van der Waals surface area contributed by atoms with Crippen molar-refractivity contribution < 1.29 is 73.7 Å². The number of carboxylic acids is 4. The van der Waals surface area contributed by atoms with Crippen LogP contribution in [0, 0.1) is 0 Å². The number of aromatic carboxylic acids is 4. The average molecular weight is 539 g/mol. The number of carbonyl (C=O) groups is 4.